The number of anilines is 2. The van der Waals surface area contributed by atoms with Crippen LogP contribution in [0, 0.1) is 11.8 Å². The van der Waals surface area contributed by atoms with E-state index in [1.54, 1.807) is 48.5 Å². The van der Waals surface area contributed by atoms with Crippen molar-refractivity contribution in [2.24, 2.45) is 11.8 Å². The molecule has 10 heteroatoms. The lowest BCUT2D eigenvalue weighted by Crippen LogP contribution is -2.54. The second-order valence-corrected chi connectivity index (χ2v) is 12.0. The van der Waals surface area contributed by atoms with Crippen molar-refractivity contribution >= 4 is 40.7 Å². The molecule has 230 valence electrons. The third-order valence-electron chi connectivity index (χ3n) is 9.41. The summed E-state index contributed by atoms with van der Waals surface area (Å²) >= 11 is 6.40. The summed E-state index contributed by atoms with van der Waals surface area (Å²) in [7, 11) is 0. The van der Waals surface area contributed by atoms with E-state index in [1.807, 2.05) is 44.2 Å². The first-order valence-electron chi connectivity index (χ1n) is 15.1. The maximum absolute atomic E-state index is 14.7. The Labute approximate surface area is 261 Å². The molecule has 3 saturated heterocycles. The molecule has 3 aromatic carbocycles. The Morgan fingerprint density at radius 3 is 2.36 bits per heavy atom. The average molecular weight is 618 g/mol. The summed E-state index contributed by atoms with van der Waals surface area (Å²) in [6, 6.07) is 21.1. The van der Waals surface area contributed by atoms with Gasteiger partial charge in [-0.3, -0.25) is 14.4 Å². The van der Waals surface area contributed by atoms with Crippen molar-refractivity contribution in [1.82, 2.24) is 4.90 Å². The number of nitrogens with zero attached hydrogens (tertiary/aromatic N) is 1. The van der Waals surface area contributed by atoms with Gasteiger partial charge in [0.25, 0.3) is 0 Å². The van der Waals surface area contributed by atoms with Crippen molar-refractivity contribution in [3.05, 3.63) is 89.4 Å². The summed E-state index contributed by atoms with van der Waals surface area (Å²) in [5, 5.41) is 16.9. The van der Waals surface area contributed by atoms with Gasteiger partial charge in [0, 0.05) is 5.69 Å². The Morgan fingerprint density at radius 2 is 1.70 bits per heavy atom. The molecular weight excluding hydrogens is 582 g/mol. The molecule has 3 amide bonds. The van der Waals surface area contributed by atoms with Crippen LogP contribution in [0.3, 0.4) is 0 Å². The molecule has 3 aliphatic rings. The maximum atomic E-state index is 14.7. The summed E-state index contributed by atoms with van der Waals surface area (Å²) in [5.74, 6) is -2.32. The van der Waals surface area contributed by atoms with E-state index in [-0.39, 0.29) is 5.91 Å². The van der Waals surface area contributed by atoms with Gasteiger partial charge in [-0.1, -0.05) is 61.0 Å². The molecule has 2 unspecified atom stereocenters. The van der Waals surface area contributed by atoms with Crippen LogP contribution in [0.4, 0.5) is 11.4 Å². The highest BCUT2D eigenvalue weighted by atomic mass is 35.5. The minimum atomic E-state index is -1.28. The number of nitrogens with one attached hydrogen (secondary N) is 2. The Bertz CT molecular complexity index is 1550. The predicted molar refractivity (Wildman–Crippen MR) is 166 cm³/mol. The monoisotopic (exact) mass is 617 g/mol. The summed E-state index contributed by atoms with van der Waals surface area (Å²) < 4.78 is 12.4. The Kier molecular flexibility index (Phi) is 8.13. The zero-order valence-corrected chi connectivity index (χ0v) is 25.4. The summed E-state index contributed by atoms with van der Waals surface area (Å²) in [5.41, 5.74) is -0.567. The molecule has 0 aliphatic carbocycles. The van der Waals surface area contributed by atoms with Crippen molar-refractivity contribution in [2.45, 2.75) is 56.4 Å². The number of carbonyl (C=O) groups is 3. The lowest BCUT2D eigenvalue weighted by atomic mass is 9.65. The second-order valence-electron chi connectivity index (χ2n) is 11.6. The van der Waals surface area contributed by atoms with Crippen molar-refractivity contribution < 1.29 is 29.0 Å². The molecule has 3 aromatic rings. The molecule has 6 atom stereocenters. The molecule has 3 N–H and O–H groups in total. The van der Waals surface area contributed by atoms with Crippen LogP contribution in [-0.4, -0.2) is 58.2 Å². The number of ether oxygens (including phenoxy) is 2. The molecule has 0 saturated carbocycles. The number of likely N-dealkylation sites (tertiary alicyclic amines) is 1. The largest absolute Gasteiger partial charge is 0.494 e. The molecule has 6 rings (SSSR count). The number of rotatable bonds is 10. The average Bonchev–Trinajstić information content (AvgIpc) is 3.64. The molecular formula is C34H36ClN3O6. The van der Waals surface area contributed by atoms with E-state index in [0.717, 1.165) is 0 Å². The minimum Gasteiger partial charge on any atom is -0.494 e. The number of para-hydroxylation sites is 1. The molecule has 0 aromatic heterocycles. The second kappa shape index (κ2) is 11.9. The van der Waals surface area contributed by atoms with E-state index in [4.69, 9.17) is 21.1 Å². The number of aliphatic hydroxyl groups is 1. The summed E-state index contributed by atoms with van der Waals surface area (Å²) in [6.07, 6.45) is 1.41. The zero-order chi connectivity index (χ0) is 31.1. The molecule has 2 bridgehead atoms. The molecule has 9 nitrogen and oxygen atoms in total. The van der Waals surface area contributed by atoms with E-state index >= 15 is 0 Å². The Morgan fingerprint density at radius 1 is 1.00 bits per heavy atom. The Balaban J connectivity index is 1.41. The minimum absolute atomic E-state index is 0.344. The van der Waals surface area contributed by atoms with Crippen LogP contribution < -0.4 is 15.4 Å². The molecule has 3 heterocycles. The van der Waals surface area contributed by atoms with Gasteiger partial charge in [-0.2, -0.15) is 0 Å². The summed E-state index contributed by atoms with van der Waals surface area (Å²) in [6.45, 7) is 3.94. The number of hydrogen-bond acceptors (Lipinski definition) is 6. The Hall–Kier alpha value is -3.92. The van der Waals surface area contributed by atoms with Crippen molar-refractivity contribution in [2.75, 3.05) is 23.8 Å². The topological polar surface area (TPSA) is 117 Å². The van der Waals surface area contributed by atoms with Gasteiger partial charge in [0.05, 0.1) is 47.4 Å². The number of benzene rings is 3. The van der Waals surface area contributed by atoms with Gasteiger partial charge in [0.15, 0.2) is 0 Å². The number of hydrogen-bond donors (Lipinski definition) is 3. The summed E-state index contributed by atoms with van der Waals surface area (Å²) in [4.78, 5) is 44.5. The van der Waals surface area contributed by atoms with E-state index in [2.05, 4.69) is 10.6 Å². The number of fused-ring (bicyclic) bond motifs is 1. The van der Waals surface area contributed by atoms with E-state index in [0.29, 0.717) is 53.6 Å². The van der Waals surface area contributed by atoms with Gasteiger partial charge < -0.3 is 30.1 Å². The molecule has 1 spiro atoms. The van der Waals surface area contributed by atoms with Gasteiger partial charge >= 0.3 is 0 Å². The highest BCUT2D eigenvalue weighted by Gasteiger charge is 2.79. The molecule has 0 radical (unpaired) electrons. The lowest BCUT2D eigenvalue weighted by Gasteiger charge is -2.37. The fourth-order valence-electron chi connectivity index (χ4n) is 7.50. The van der Waals surface area contributed by atoms with E-state index in [9.17, 15) is 19.5 Å². The highest BCUT2D eigenvalue weighted by Crippen LogP contribution is 2.65. The number of halogens is 1. The predicted octanol–water partition coefficient (Wildman–Crippen LogP) is 5.20. The first-order chi connectivity index (χ1) is 21.3. The zero-order valence-electron chi connectivity index (χ0n) is 24.7. The van der Waals surface area contributed by atoms with Crippen LogP contribution in [0.1, 0.15) is 44.7 Å². The molecule has 44 heavy (non-hydrogen) atoms. The van der Waals surface area contributed by atoms with E-state index < -0.39 is 53.5 Å². The third-order valence-corrected chi connectivity index (χ3v) is 9.74. The fourth-order valence-corrected chi connectivity index (χ4v) is 7.69. The third kappa shape index (κ3) is 4.83. The first kappa shape index (κ1) is 30.1. The normalized spacial score (nSPS) is 27.6. The van der Waals surface area contributed by atoms with Crippen molar-refractivity contribution in [3.63, 3.8) is 0 Å². The van der Waals surface area contributed by atoms with Crippen molar-refractivity contribution in [1.29, 1.82) is 0 Å². The molecule has 3 fully saturated rings. The quantitative estimate of drug-likeness (QED) is 0.288. The SMILES string of the molecule is CCOc1ccc(NC(=O)[C@H]2[C@H]3C(=O)N([C@H](CO)c4ccccc4)C(C(=O)Nc4ccccc4Cl)C34CC[C@]2(CC)O4)cc1. The van der Waals surface area contributed by atoms with Crippen LogP contribution in [0.5, 0.6) is 5.75 Å². The number of amides is 3. The van der Waals surface area contributed by atoms with E-state index in [1.165, 1.54) is 4.90 Å². The van der Waals surface area contributed by atoms with Crippen LogP contribution in [0.25, 0.3) is 0 Å². The standard InChI is InChI=1S/C34H36ClN3O6/c1-3-33-18-19-34(44-33)28(27(33)30(40)36-22-14-16-23(17-15-22)43-4-2)32(42)38(26(20-39)21-10-6-5-7-11-21)29(34)31(41)37-25-13-9-8-12-24(25)35/h5-17,26-29,39H,3-4,18-20H2,1-2H3,(H,36,40)(H,37,41)/t26-,27-,28+,29?,33+,34?/m1/s1. The van der Waals surface area contributed by atoms with Gasteiger partial charge in [0.1, 0.15) is 17.4 Å². The van der Waals surface area contributed by atoms with Gasteiger partial charge in [0.2, 0.25) is 17.7 Å². The lowest BCUT2D eigenvalue weighted by molar-refractivity contribution is -0.148. The number of aliphatic hydroxyl groups excluding tert-OH is 1. The van der Waals surface area contributed by atoms with Crippen LogP contribution >= 0.6 is 11.6 Å². The van der Waals surface area contributed by atoms with Gasteiger partial charge in [-0.25, -0.2) is 0 Å². The number of carbonyl (C=O) groups excluding carboxylic acids is 3. The fraction of sp³-hybridized carbons (Fsp3) is 0.382. The highest BCUT2D eigenvalue weighted by molar-refractivity contribution is 6.33. The van der Waals surface area contributed by atoms with Crippen LogP contribution in [-0.2, 0) is 19.1 Å². The molecule has 3 aliphatic heterocycles. The van der Waals surface area contributed by atoms with Crippen LogP contribution in [0.2, 0.25) is 5.02 Å². The smallest absolute Gasteiger partial charge is 0.250 e. The maximum Gasteiger partial charge on any atom is 0.250 e. The van der Waals surface area contributed by atoms with Crippen molar-refractivity contribution in [3.8, 4) is 5.75 Å². The van der Waals surface area contributed by atoms with Gasteiger partial charge in [-0.15, -0.1) is 0 Å². The van der Waals surface area contributed by atoms with Gasteiger partial charge in [-0.05, 0) is 68.1 Å². The first-order valence-corrected chi connectivity index (χ1v) is 15.4. The van der Waals surface area contributed by atoms with Crippen LogP contribution in [0.15, 0.2) is 78.9 Å².